The van der Waals surface area contributed by atoms with E-state index in [1.165, 1.54) is 12.8 Å². The molecule has 1 aromatic rings. The van der Waals surface area contributed by atoms with Crippen LogP contribution in [0.3, 0.4) is 0 Å². The zero-order valence-corrected chi connectivity index (χ0v) is 13.6. The first kappa shape index (κ1) is 14.2. The topological polar surface area (TPSA) is 50.2 Å². The molecule has 0 unspecified atom stereocenters. The fraction of sp³-hybridized carbons (Fsp3) is 0.765. The van der Waals surface area contributed by atoms with Crippen molar-refractivity contribution in [2.45, 2.75) is 45.1 Å². The maximum Gasteiger partial charge on any atom is 0.230 e. The van der Waals surface area contributed by atoms with E-state index in [9.17, 15) is 4.79 Å². The Morgan fingerprint density at radius 1 is 1.45 bits per heavy atom. The molecule has 1 aromatic heterocycles. The molecule has 3 heterocycles. The molecule has 22 heavy (non-hydrogen) atoms. The third-order valence-electron chi connectivity index (χ3n) is 5.75. The summed E-state index contributed by atoms with van der Waals surface area (Å²) in [7, 11) is 0. The van der Waals surface area contributed by atoms with Crippen LogP contribution in [0.2, 0.25) is 0 Å². The predicted octanol–water partition coefficient (Wildman–Crippen LogP) is 1.78. The first-order chi connectivity index (χ1) is 10.6. The van der Waals surface area contributed by atoms with E-state index in [1.54, 1.807) is 0 Å². The number of carbonyl (C=O) groups is 1. The summed E-state index contributed by atoms with van der Waals surface area (Å²) in [6.07, 6.45) is 7.63. The molecule has 2 atom stereocenters. The lowest BCUT2D eigenvalue weighted by Gasteiger charge is -2.28. The van der Waals surface area contributed by atoms with E-state index in [0.29, 0.717) is 11.9 Å². The van der Waals surface area contributed by atoms with Crippen molar-refractivity contribution in [3.63, 3.8) is 0 Å². The highest BCUT2D eigenvalue weighted by atomic mass is 16.2. The fourth-order valence-electron chi connectivity index (χ4n) is 4.09. The van der Waals surface area contributed by atoms with Crippen LogP contribution in [-0.2, 0) is 4.79 Å². The molecular formula is C17H26N4O. The molecule has 1 amide bonds. The Kier molecular flexibility index (Phi) is 3.29. The van der Waals surface area contributed by atoms with Crippen LogP contribution in [-0.4, -0.2) is 46.5 Å². The highest BCUT2D eigenvalue weighted by molar-refractivity contribution is 5.86. The van der Waals surface area contributed by atoms with E-state index in [4.69, 9.17) is 0 Å². The molecule has 4 rings (SSSR count). The smallest absolute Gasteiger partial charge is 0.230 e. The minimum atomic E-state index is -0.245. The summed E-state index contributed by atoms with van der Waals surface area (Å²) in [5.41, 5.74) is 0.839. The molecule has 0 bridgehead atoms. The normalized spacial score (nSPS) is 31.9. The third-order valence-corrected chi connectivity index (χ3v) is 5.75. The Hall–Kier alpha value is -1.36. The summed E-state index contributed by atoms with van der Waals surface area (Å²) >= 11 is 0. The Balaban J connectivity index is 1.58. The largest absolute Gasteiger partial charge is 0.342 e. The number of rotatable bonds is 4. The quantitative estimate of drug-likeness (QED) is 0.922. The molecule has 3 aliphatic rings. The standard InChI is InChI=1S/C17H26N4O/c1-12(2)21-9-15(19-11-21)14-7-18-10-17(14)5-6-20(16(17)22)8-13-3-4-13/h9,11-14,18H,3-8,10H2,1-2H3/t14-,17-/m0/s1. The van der Waals surface area contributed by atoms with Crippen molar-refractivity contribution in [3.8, 4) is 0 Å². The van der Waals surface area contributed by atoms with E-state index in [2.05, 4.69) is 39.8 Å². The molecule has 5 heteroatoms. The monoisotopic (exact) mass is 302 g/mol. The van der Waals surface area contributed by atoms with Gasteiger partial charge in [0.25, 0.3) is 0 Å². The lowest BCUT2D eigenvalue weighted by Crippen LogP contribution is -2.40. The zero-order chi connectivity index (χ0) is 15.3. The van der Waals surface area contributed by atoms with E-state index in [-0.39, 0.29) is 11.3 Å². The number of hydrogen-bond acceptors (Lipinski definition) is 3. The maximum atomic E-state index is 13.1. The molecule has 1 spiro atoms. The van der Waals surface area contributed by atoms with Crippen molar-refractivity contribution in [1.29, 1.82) is 0 Å². The Labute approximate surface area is 132 Å². The maximum absolute atomic E-state index is 13.1. The SMILES string of the molecule is CC(C)n1cnc([C@@H]2CNC[C@@]23CCN(CC2CC2)C3=O)c1. The van der Waals surface area contributed by atoms with Gasteiger partial charge in [0.15, 0.2) is 0 Å². The van der Waals surface area contributed by atoms with Gasteiger partial charge in [0, 0.05) is 44.3 Å². The van der Waals surface area contributed by atoms with Crippen molar-refractivity contribution in [3.05, 3.63) is 18.2 Å². The molecule has 1 aliphatic carbocycles. The molecule has 5 nitrogen and oxygen atoms in total. The van der Waals surface area contributed by atoms with Gasteiger partial charge in [-0.25, -0.2) is 4.98 Å². The average molecular weight is 302 g/mol. The van der Waals surface area contributed by atoms with Gasteiger partial charge in [-0.05, 0) is 39.0 Å². The number of aromatic nitrogens is 2. The minimum absolute atomic E-state index is 0.226. The van der Waals surface area contributed by atoms with E-state index < -0.39 is 0 Å². The first-order valence-electron chi connectivity index (χ1n) is 8.63. The average Bonchev–Trinajstić information content (AvgIpc) is 2.92. The Morgan fingerprint density at radius 3 is 2.95 bits per heavy atom. The van der Waals surface area contributed by atoms with Gasteiger partial charge in [0.1, 0.15) is 0 Å². The second kappa shape index (κ2) is 5.08. The summed E-state index contributed by atoms with van der Waals surface area (Å²) in [4.78, 5) is 19.8. The van der Waals surface area contributed by atoms with E-state index >= 15 is 0 Å². The Bertz CT molecular complexity index is 577. The first-order valence-corrected chi connectivity index (χ1v) is 8.63. The van der Waals surface area contributed by atoms with Crippen molar-refractivity contribution >= 4 is 5.91 Å². The number of nitrogens with one attached hydrogen (secondary N) is 1. The number of nitrogens with zero attached hydrogens (tertiary/aromatic N) is 3. The van der Waals surface area contributed by atoms with Gasteiger partial charge in [-0.2, -0.15) is 0 Å². The van der Waals surface area contributed by atoms with Crippen molar-refractivity contribution < 1.29 is 4.79 Å². The lowest BCUT2D eigenvalue weighted by atomic mass is 9.75. The highest BCUT2D eigenvalue weighted by Crippen LogP contribution is 2.47. The number of hydrogen-bond donors (Lipinski definition) is 1. The molecule has 2 aliphatic heterocycles. The summed E-state index contributed by atoms with van der Waals surface area (Å²) in [5, 5.41) is 3.47. The molecule has 3 fully saturated rings. The summed E-state index contributed by atoms with van der Waals surface area (Å²) in [5.74, 6) is 1.37. The third kappa shape index (κ3) is 2.18. The van der Waals surface area contributed by atoms with Crippen LogP contribution in [0.4, 0.5) is 0 Å². The number of likely N-dealkylation sites (tertiary alicyclic amines) is 1. The summed E-state index contributed by atoms with van der Waals surface area (Å²) < 4.78 is 2.14. The second-order valence-corrected chi connectivity index (χ2v) is 7.62. The van der Waals surface area contributed by atoms with Crippen molar-refractivity contribution in [2.24, 2.45) is 11.3 Å². The van der Waals surface area contributed by atoms with Crippen LogP contribution in [0.25, 0.3) is 0 Å². The van der Waals surface area contributed by atoms with E-state index in [1.807, 2.05) is 6.33 Å². The van der Waals surface area contributed by atoms with Gasteiger partial charge >= 0.3 is 0 Å². The summed E-state index contributed by atoms with van der Waals surface area (Å²) in [6, 6.07) is 0.414. The highest BCUT2D eigenvalue weighted by Gasteiger charge is 2.55. The van der Waals surface area contributed by atoms with E-state index in [0.717, 1.165) is 44.2 Å². The van der Waals surface area contributed by atoms with Gasteiger partial charge in [-0.15, -0.1) is 0 Å². The van der Waals surface area contributed by atoms with Gasteiger partial charge in [-0.1, -0.05) is 0 Å². The van der Waals surface area contributed by atoms with Crippen LogP contribution in [0, 0.1) is 11.3 Å². The molecular weight excluding hydrogens is 276 g/mol. The van der Waals surface area contributed by atoms with Crippen molar-refractivity contribution in [1.82, 2.24) is 19.8 Å². The van der Waals surface area contributed by atoms with Crippen molar-refractivity contribution in [2.75, 3.05) is 26.2 Å². The van der Waals surface area contributed by atoms with Crippen LogP contribution < -0.4 is 5.32 Å². The van der Waals surface area contributed by atoms with Crippen LogP contribution in [0.1, 0.15) is 50.8 Å². The molecule has 0 aromatic carbocycles. The van der Waals surface area contributed by atoms with Gasteiger partial charge in [0.05, 0.1) is 17.4 Å². The Morgan fingerprint density at radius 2 is 2.27 bits per heavy atom. The number of amides is 1. The number of carbonyl (C=O) groups excluding carboxylic acids is 1. The minimum Gasteiger partial charge on any atom is -0.342 e. The fourth-order valence-corrected chi connectivity index (χ4v) is 4.09. The molecule has 1 saturated carbocycles. The van der Waals surface area contributed by atoms with Gasteiger partial charge in [-0.3, -0.25) is 4.79 Å². The summed E-state index contributed by atoms with van der Waals surface area (Å²) in [6.45, 7) is 7.91. The van der Waals surface area contributed by atoms with Crippen LogP contribution in [0.5, 0.6) is 0 Å². The second-order valence-electron chi connectivity index (χ2n) is 7.62. The lowest BCUT2D eigenvalue weighted by molar-refractivity contribution is -0.136. The predicted molar refractivity (Wildman–Crippen MR) is 84.6 cm³/mol. The molecule has 0 radical (unpaired) electrons. The van der Waals surface area contributed by atoms with Crippen LogP contribution in [0.15, 0.2) is 12.5 Å². The van der Waals surface area contributed by atoms with Gasteiger partial charge < -0.3 is 14.8 Å². The van der Waals surface area contributed by atoms with Gasteiger partial charge in [0.2, 0.25) is 5.91 Å². The zero-order valence-electron chi connectivity index (χ0n) is 13.6. The van der Waals surface area contributed by atoms with Crippen LogP contribution >= 0.6 is 0 Å². The molecule has 2 saturated heterocycles. The molecule has 120 valence electrons. The molecule has 1 N–H and O–H groups in total. The number of imidazole rings is 1.